The lowest BCUT2D eigenvalue weighted by Crippen LogP contribution is -2.20. The van der Waals surface area contributed by atoms with Crippen molar-refractivity contribution in [2.24, 2.45) is 0 Å². The maximum Gasteiger partial charge on any atom is 0.0350 e. The van der Waals surface area contributed by atoms with Gasteiger partial charge in [-0.25, -0.2) is 0 Å². The highest BCUT2D eigenvalue weighted by molar-refractivity contribution is 5.10. The van der Waals surface area contributed by atoms with Crippen molar-refractivity contribution >= 4 is 0 Å². The predicted octanol–water partition coefficient (Wildman–Crippen LogP) is 1.11. The normalized spacial score (nSPS) is 12.8. The highest BCUT2D eigenvalue weighted by Gasteiger charge is 1.95. The molecule has 60 valence electrons. The van der Waals surface area contributed by atoms with Crippen molar-refractivity contribution in [2.45, 2.75) is 20.3 Å². The molecular weight excluding hydrogens is 124 g/mol. The molecule has 2 N–H and O–H groups in total. The van der Waals surface area contributed by atoms with Crippen LogP contribution in [0.1, 0.15) is 20.3 Å². The molecule has 0 aliphatic heterocycles. The maximum absolute atomic E-state index is 3.17. The van der Waals surface area contributed by atoms with Crippen LogP contribution in [-0.4, -0.2) is 20.6 Å². The summed E-state index contributed by atoms with van der Waals surface area (Å²) in [5.74, 6) is 0. The molecular formula is C8H18N2. The minimum absolute atomic E-state index is 0.941. The molecule has 2 nitrogen and oxygen atoms in total. The molecule has 0 aromatic rings. The summed E-state index contributed by atoms with van der Waals surface area (Å²) in [4.78, 5) is 0. The Bertz CT molecular complexity index is 116. The predicted molar refractivity (Wildman–Crippen MR) is 46.0 cm³/mol. The number of nitrogens with one attached hydrogen (secondary N) is 2. The molecule has 0 spiro atoms. The van der Waals surface area contributed by atoms with Gasteiger partial charge in [-0.3, -0.25) is 0 Å². The summed E-state index contributed by atoms with van der Waals surface area (Å²) < 4.78 is 0. The summed E-state index contributed by atoms with van der Waals surface area (Å²) >= 11 is 0. The second-order valence-electron chi connectivity index (χ2n) is 2.39. The first-order chi connectivity index (χ1) is 4.76. The van der Waals surface area contributed by atoms with E-state index in [1.807, 2.05) is 14.1 Å². The number of allylic oxidation sites excluding steroid dienone is 1. The van der Waals surface area contributed by atoms with E-state index in [1.54, 1.807) is 0 Å². The van der Waals surface area contributed by atoms with E-state index >= 15 is 0 Å². The average Bonchev–Trinajstić information content (AvgIpc) is 1.99. The van der Waals surface area contributed by atoms with Crippen molar-refractivity contribution in [1.29, 1.82) is 0 Å². The van der Waals surface area contributed by atoms with Gasteiger partial charge in [0.1, 0.15) is 0 Å². The van der Waals surface area contributed by atoms with Crippen LogP contribution in [0.3, 0.4) is 0 Å². The zero-order valence-corrected chi connectivity index (χ0v) is 7.41. The van der Waals surface area contributed by atoms with Gasteiger partial charge in [-0.15, -0.1) is 0 Å². The van der Waals surface area contributed by atoms with E-state index in [2.05, 4.69) is 24.5 Å². The van der Waals surface area contributed by atoms with Crippen LogP contribution in [0.25, 0.3) is 0 Å². The van der Waals surface area contributed by atoms with Crippen molar-refractivity contribution in [2.75, 3.05) is 20.6 Å². The molecule has 10 heavy (non-hydrogen) atoms. The number of hydrogen-bond donors (Lipinski definition) is 2. The molecule has 0 atom stereocenters. The zero-order valence-electron chi connectivity index (χ0n) is 7.41. The van der Waals surface area contributed by atoms with E-state index in [9.17, 15) is 0 Å². The first kappa shape index (κ1) is 9.50. The van der Waals surface area contributed by atoms with Gasteiger partial charge in [-0.05, 0) is 20.4 Å². The molecule has 0 bridgehead atoms. The maximum atomic E-state index is 3.17. The van der Waals surface area contributed by atoms with Gasteiger partial charge in [0, 0.05) is 19.3 Å². The first-order valence-electron chi connectivity index (χ1n) is 3.77. The third-order valence-electron chi connectivity index (χ3n) is 1.70. The van der Waals surface area contributed by atoms with Crippen LogP contribution in [0.2, 0.25) is 0 Å². The molecule has 2 heteroatoms. The van der Waals surface area contributed by atoms with Crippen LogP contribution in [0.4, 0.5) is 0 Å². The minimum atomic E-state index is 0.941. The Kier molecular flexibility index (Phi) is 5.03. The van der Waals surface area contributed by atoms with Crippen LogP contribution in [0.15, 0.2) is 11.3 Å². The van der Waals surface area contributed by atoms with Gasteiger partial charge in [0.2, 0.25) is 0 Å². The van der Waals surface area contributed by atoms with E-state index < -0.39 is 0 Å². The van der Waals surface area contributed by atoms with Gasteiger partial charge < -0.3 is 10.6 Å². The molecule has 0 heterocycles. The van der Waals surface area contributed by atoms with Gasteiger partial charge in [0.25, 0.3) is 0 Å². The largest absolute Gasteiger partial charge is 0.390 e. The summed E-state index contributed by atoms with van der Waals surface area (Å²) in [6.45, 7) is 5.27. The summed E-state index contributed by atoms with van der Waals surface area (Å²) in [7, 11) is 3.92. The molecule has 0 fully saturated rings. The molecule has 0 aliphatic rings. The number of likely N-dealkylation sites (N-methyl/N-ethyl adjacent to an activating group) is 2. The van der Waals surface area contributed by atoms with E-state index in [1.165, 1.54) is 11.3 Å². The highest BCUT2D eigenvalue weighted by atomic mass is 14.9. The van der Waals surface area contributed by atoms with Crippen molar-refractivity contribution in [3.05, 3.63) is 11.3 Å². The molecule has 0 saturated heterocycles. The monoisotopic (exact) mass is 142 g/mol. The smallest absolute Gasteiger partial charge is 0.0350 e. The lowest BCUT2D eigenvalue weighted by Gasteiger charge is -2.09. The van der Waals surface area contributed by atoms with E-state index in [0.29, 0.717) is 0 Å². The summed E-state index contributed by atoms with van der Waals surface area (Å²) in [5.41, 5.74) is 2.74. The topological polar surface area (TPSA) is 24.1 Å². The van der Waals surface area contributed by atoms with E-state index in [0.717, 1.165) is 13.0 Å². The summed E-state index contributed by atoms with van der Waals surface area (Å²) in [5, 5.41) is 6.28. The van der Waals surface area contributed by atoms with Gasteiger partial charge >= 0.3 is 0 Å². The molecule has 0 aromatic carbocycles. The Morgan fingerprint density at radius 3 is 2.20 bits per heavy atom. The highest BCUT2D eigenvalue weighted by Crippen LogP contribution is 2.02. The Labute approximate surface area is 63.7 Å². The molecule has 0 aliphatic carbocycles. The van der Waals surface area contributed by atoms with Crippen molar-refractivity contribution in [3.8, 4) is 0 Å². The van der Waals surface area contributed by atoms with E-state index in [-0.39, 0.29) is 0 Å². The second-order valence-corrected chi connectivity index (χ2v) is 2.39. The second kappa shape index (κ2) is 5.30. The third-order valence-corrected chi connectivity index (χ3v) is 1.70. The fraction of sp³-hybridized carbons (Fsp3) is 0.750. The fourth-order valence-electron chi connectivity index (χ4n) is 0.843. The molecule has 0 unspecified atom stereocenters. The van der Waals surface area contributed by atoms with Crippen molar-refractivity contribution < 1.29 is 0 Å². The van der Waals surface area contributed by atoms with Gasteiger partial charge in [-0.1, -0.05) is 12.5 Å². The summed E-state index contributed by atoms with van der Waals surface area (Å²) in [6, 6.07) is 0. The van der Waals surface area contributed by atoms with Gasteiger partial charge in [0.15, 0.2) is 0 Å². The van der Waals surface area contributed by atoms with Crippen LogP contribution in [0.5, 0.6) is 0 Å². The fourth-order valence-corrected chi connectivity index (χ4v) is 0.843. The molecule has 0 aromatic heterocycles. The van der Waals surface area contributed by atoms with Crippen LogP contribution in [-0.2, 0) is 0 Å². The SMILES string of the molecule is CC/C(C)=C(\CNC)NC. The standard InChI is InChI=1S/C8H18N2/c1-5-7(2)8(10-4)6-9-3/h9-10H,5-6H2,1-4H3/b8-7+. The van der Waals surface area contributed by atoms with Gasteiger partial charge in [0.05, 0.1) is 0 Å². The molecule has 0 amide bonds. The van der Waals surface area contributed by atoms with Crippen molar-refractivity contribution in [3.63, 3.8) is 0 Å². The Hall–Kier alpha value is -0.500. The number of rotatable bonds is 4. The van der Waals surface area contributed by atoms with Crippen LogP contribution >= 0.6 is 0 Å². The molecule has 0 saturated carbocycles. The van der Waals surface area contributed by atoms with E-state index in [4.69, 9.17) is 0 Å². The average molecular weight is 142 g/mol. The minimum Gasteiger partial charge on any atom is -0.390 e. The Morgan fingerprint density at radius 2 is 1.90 bits per heavy atom. The summed E-state index contributed by atoms with van der Waals surface area (Å²) in [6.07, 6.45) is 1.12. The van der Waals surface area contributed by atoms with Gasteiger partial charge in [-0.2, -0.15) is 0 Å². The van der Waals surface area contributed by atoms with Crippen molar-refractivity contribution in [1.82, 2.24) is 10.6 Å². The lowest BCUT2D eigenvalue weighted by molar-refractivity contribution is 0.785. The zero-order chi connectivity index (χ0) is 7.98. The molecule has 0 radical (unpaired) electrons. The Morgan fingerprint density at radius 1 is 1.30 bits per heavy atom. The molecule has 0 rings (SSSR count). The quantitative estimate of drug-likeness (QED) is 0.614. The van der Waals surface area contributed by atoms with Crippen LogP contribution < -0.4 is 10.6 Å². The lowest BCUT2D eigenvalue weighted by atomic mass is 10.2. The number of hydrogen-bond acceptors (Lipinski definition) is 2. The first-order valence-corrected chi connectivity index (χ1v) is 3.77. The Balaban J connectivity index is 4.00. The van der Waals surface area contributed by atoms with Crippen LogP contribution in [0, 0.1) is 0 Å². The third kappa shape index (κ3) is 2.87.